The highest BCUT2D eigenvalue weighted by molar-refractivity contribution is 9.10. The number of aromatic nitrogens is 4. The Balaban J connectivity index is 1.70. The van der Waals surface area contributed by atoms with Crippen molar-refractivity contribution in [1.29, 1.82) is 0 Å². The van der Waals surface area contributed by atoms with Crippen LogP contribution in [0.1, 0.15) is 16.1 Å². The van der Waals surface area contributed by atoms with Gasteiger partial charge in [-0.2, -0.15) is 10.2 Å². The first-order valence-corrected chi connectivity index (χ1v) is 7.15. The summed E-state index contributed by atoms with van der Waals surface area (Å²) in [6.45, 7) is 0. The number of amides is 1. The number of hydrogen-bond donors (Lipinski definition) is 1. The second kappa shape index (κ2) is 6.02. The standard InChI is InChI=1S/C14H11BrN6O/c1-21-13-10(7-19-21)4-9(5-17-13)6-18-20-14(22)12-3-2-11(15)8-16-12/h2-8H,1H3,(H,20,22)/b18-6+. The predicted molar refractivity (Wildman–Crippen MR) is 85.5 cm³/mol. The maximum atomic E-state index is 11.8. The molecular formula is C14H11BrN6O. The minimum Gasteiger partial charge on any atom is -0.266 e. The Morgan fingerprint density at radius 3 is 2.95 bits per heavy atom. The Morgan fingerprint density at radius 2 is 2.18 bits per heavy atom. The molecule has 0 aliphatic rings. The maximum absolute atomic E-state index is 11.8. The van der Waals surface area contributed by atoms with E-state index in [0.29, 0.717) is 5.69 Å². The van der Waals surface area contributed by atoms with Crippen molar-refractivity contribution < 1.29 is 4.79 Å². The maximum Gasteiger partial charge on any atom is 0.289 e. The molecular weight excluding hydrogens is 348 g/mol. The first-order chi connectivity index (χ1) is 10.6. The predicted octanol–water partition coefficient (Wildman–Crippen LogP) is 1.89. The highest BCUT2D eigenvalue weighted by Gasteiger charge is 2.05. The summed E-state index contributed by atoms with van der Waals surface area (Å²) >= 11 is 3.26. The van der Waals surface area contributed by atoms with E-state index in [4.69, 9.17) is 0 Å². The van der Waals surface area contributed by atoms with E-state index in [0.717, 1.165) is 21.1 Å². The molecule has 3 aromatic rings. The molecule has 8 heteroatoms. The zero-order valence-electron chi connectivity index (χ0n) is 11.6. The fraction of sp³-hybridized carbons (Fsp3) is 0.0714. The lowest BCUT2D eigenvalue weighted by atomic mass is 10.2. The van der Waals surface area contributed by atoms with Crippen molar-refractivity contribution in [3.8, 4) is 0 Å². The van der Waals surface area contributed by atoms with Gasteiger partial charge in [-0.25, -0.2) is 15.4 Å². The first-order valence-electron chi connectivity index (χ1n) is 6.36. The topological polar surface area (TPSA) is 85.1 Å². The quantitative estimate of drug-likeness (QED) is 0.572. The van der Waals surface area contributed by atoms with Crippen LogP contribution in [0.2, 0.25) is 0 Å². The minimum absolute atomic E-state index is 0.293. The molecule has 0 aliphatic heterocycles. The molecule has 0 aliphatic carbocycles. The molecule has 110 valence electrons. The van der Waals surface area contributed by atoms with Gasteiger partial charge in [0.15, 0.2) is 5.65 Å². The van der Waals surface area contributed by atoms with Gasteiger partial charge in [-0.05, 0) is 34.1 Å². The fourth-order valence-corrected chi connectivity index (χ4v) is 2.10. The molecule has 3 rings (SSSR count). The molecule has 0 bridgehead atoms. The van der Waals surface area contributed by atoms with Crippen molar-refractivity contribution in [3.63, 3.8) is 0 Å². The summed E-state index contributed by atoms with van der Waals surface area (Å²) in [5, 5.41) is 8.94. The van der Waals surface area contributed by atoms with E-state index in [1.54, 1.807) is 35.4 Å². The number of fused-ring (bicyclic) bond motifs is 1. The largest absolute Gasteiger partial charge is 0.289 e. The van der Waals surface area contributed by atoms with Crippen LogP contribution in [0.3, 0.4) is 0 Å². The third-order valence-corrected chi connectivity index (χ3v) is 3.40. The number of carbonyl (C=O) groups excluding carboxylic acids is 1. The number of nitrogens with one attached hydrogen (secondary N) is 1. The van der Waals surface area contributed by atoms with E-state index >= 15 is 0 Å². The van der Waals surface area contributed by atoms with Gasteiger partial charge in [0.1, 0.15) is 5.69 Å². The Kier molecular flexibility index (Phi) is 3.92. The van der Waals surface area contributed by atoms with Crippen LogP contribution in [-0.4, -0.2) is 31.9 Å². The molecule has 22 heavy (non-hydrogen) atoms. The summed E-state index contributed by atoms with van der Waals surface area (Å²) in [5.74, 6) is -0.376. The number of rotatable bonds is 3. The lowest BCUT2D eigenvalue weighted by molar-refractivity contribution is 0.0950. The van der Waals surface area contributed by atoms with Gasteiger partial charge in [-0.15, -0.1) is 0 Å². The minimum atomic E-state index is -0.376. The lowest BCUT2D eigenvalue weighted by Gasteiger charge is -1.99. The molecule has 0 spiro atoms. The zero-order valence-corrected chi connectivity index (χ0v) is 13.1. The van der Waals surface area contributed by atoms with Gasteiger partial charge in [0.25, 0.3) is 5.91 Å². The Labute approximate surface area is 134 Å². The van der Waals surface area contributed by atoms with Crippen LogP contribution in [0.25, 0.3) is 11.0 Å². The third-order valence-electron chi connectivity index (χ3n) is 2.93. The van der Waals surface area contributed by atoms with Gasteiger partial charge in [-0.1, -0.05) is 0 Å². The normalized spacial score (nSPS) is 11.2. The van der Waals surface area contributed by atoms with Crippen LogP contribution in [0, 0.1) is 0 Å². The molecule has 3 aromatic heterocycles. The van der Waals surface area contributed by atoms with Crippen molar-refractivity contribution in [1.82, 2.24) is 25.2 Å². The molecule has 0 fully saturated rings. The molecule has 1 N–H and O–H groups in total. The number of hydrazone groups is 1. The summed E-state index contributed by atoms with van der Waals surface area (Å²) in [7, 11) is 1.83. The second-order valence-corrected chi connectivity index (χ2v) is 5.43. The van der Waals surface area contributed by atoms with Gasteiger partial charge in [-0.3, -0.25) is 9.48 Å². The number of carbonyl (C=O) groups is 1. The number of hydrogen-bond acceptors (Lipinski definition) is 5. The average Bonchev–Trinajstić information content (AvgIpc) is 2.89. The number of pyridine rings is 2. The summed E-state index contributed by atoms with van der Waals surface area (Å²) < 4.78 is 2.50. The van der Waals surface area contributed by atoms with Gasteiger partial charge in [0.2, 0.25) is 0 Å². The van der Waals surface area contributed by atoms with Crippen LogP contribution < -0.4 is 5.43 Å². The summed E-state index contributed by atoms with van der Waals surface area (Å²) in [6.07, 6.45) is 6.47. The van der Waals surface area contributed by atoms with E-state index in [1.165, 1.54) is 6.21 Å². The highest BCUT2D eigenvalue weighted by atomic mass is 79.9. The van der Waals surface area contributed by atoms with Crippen molar-refractivity contribution in [2.24, 2.45) is 12.1 Å². The summed E-state index contributed by atoms with van der Waals surface area (Å²) in [4.78, 5) is 20.1. The zero-order chi connectivity index (χ0) is 15.5. The van der Waals surface area contributed by atoms with Gasteiger partial charge >= 0.3 is 0 Å². The number of aryl methyl sites for hydroxylation is 1. The van der Waals surface area contributed by atoms with Crippen molar-refractivity contribution >= 4 is 39.1 Å². The Morgan fingerprint density at radius 1 is 1.32 bits per heavy atom. The van der Waals surface area contributed by atoms with E-state index in [-0.39, 0.29) is 5.91 Å². The summed E-state index contributed by atoms with van der Waals surface area (Å²) in [5.41, 5.74) is 4.28. The van der Waals surface area contributed by atoms with Gasteiger partial charge in [0, 0.05) is 34.9 Å². The molecule has 1 amide bonds. The van der Waals surface area contributed by atoms with E-state index < -0.39 is 0 Å². The van der Waals surface area contributed by atoms with Crippen molar-refractivity contribution in [2.45, 2.75) is 0 Å². The molecule has 0 atom stereocenters. The Bertz CT molecular complexity index is 855. The average molecular weight is 359 g/mol. The van der Waals surface area contributed by atoms with Crippen molar-refractivity contribution in [2.75, 3.05) is 0 Å². The van der Waals surface area contributed by atoms with Crippen LogP contribution in [0.5, 0.6) is 0 Å². The Hall–Kier alpha value is -2.61. The monoisotopic (exact) mass is 358 g/mol. The van der Waals surface area contributed by atoms with Crippen LogP contribution in [0.4, 0.5) is 0 Å². The SMILES string of the molecule is Cn1ncc2cc(/C=N/NC(=O)c3ccc(Br)cn3)cnc21. The molecule has 0 aromatic carbocycles. The molecule has 7 nitrogen and oxygen atoms in total. The first kappa shape index (κ1) is 14.3. The third kappa shape index (κ3) is 3.01. The van der Waals surface area contributed by atoms with Gasteiger partial charge in [0.05, 0.1) is 12.4 Å². The molecule has 3 heterocycles. The number of nitrogens with zero attached hydrogens (tertiary/aromatic N) is 5. The lowest BCUT2D eigenvalue weighted by Crippen LogP contribution is -2.18. The van der Waals surface area contributed by atoms with Crippen LogP contribution >= 0.6 is 15.9 Å². The second-order valence-electron chi connectivity index (χ2n) is 4.51. The fourth-order valence-electron chi connectivity index (χ4n) is 1.86. The molecule has 0 unspecified atom stereocenters. The van der Waals surface area contributed by atoms with E-state index in [2.05, 4.69) is 41.5 Å². The van der Waals surface area contributed by atoms with E-state index in [1.807, 2.05) is 13.1 Å². The summed E-state index contributed by atoms with van der Waals surface area (Å²) in [6, 6.07) is 5.24. The van der Waals surface area contributed by atoms with Crippen molar-refractivity contribution in [3.05, 3.63) is 52.5 Å². The molecule has 0 saturated carbocycles. The van der Waals surface area contributed by atoms with Crippen LogP contribution in [0.15, 0.2) is 46.4 Å². The highest BCUT2D eigenvalue weighted by Crippen LogP contribution is 2.10. The van der Waals surface area contributed by atoms with Gasteiger partial charge < -0.3 is 0 Å². The van der Waals surface area contributed by atoms with Crippen LogP contribution in [-0.2, 0) is 7.05 Å². The molecule has 0 saturated heterocycles. The smallest absolute Gasteiger partial charge is 0.266 e. The van der Waals surface area contributed by atoms with E-state index in [9.17, 15) is 4.79 Å². The molecule has 0 radical (unpaired) electrons. The number of halogens is 1.